The average molecular weight is 253 g/mol. The molecule has 4 heteroatoms. The van der Waals surface area contributed by atoms with Gasteiger partial charge in [-0.05, 0) is 24.6 Å². The Morgan fingerprint density at radius 3 is 2.83 bits per heavy atom. The first-order valence-electron chi connectivity index (χ1n) is 3.40. The number of hydrogen-bond acceptors (Lipinski definition) is 1. The van der Waals surface area contributed by atoms with E-state index in [2.05, 4.69) is 21.2 Å². The van der Waals surface area contributed by atoms with Gasteiger partial charge in [0.05, 0.1) is 16.2 Å². The van der Waals surface area contributed by atoms with Crippen molar-refractivity contribution >= 4 is 33.2 Å². The van der Waals surface area contributed by atoms with Gasteiger partial charge in [-0.25, -0.2) is 4.39 Å². The Balaban J connectivity index is 3.05. The van der Waals surface area contributed by atoms with Gasteiger partial charge in [-0.1, -0.05) is 27.5 Å². The highest BCUT2D eigenvalue weighted by Crippen LogP contribution is 2.25. The fourth-order valence-corrected chi connectivity index (χ4v) is 1.44. The summed E-state index contributed by atoms with van der Waals surface area (Å²) >= 11 is 9.00. The molecule has 1 N–H and O–H groups in total. The molecule has 0 atom stereocenters. The van der Waals surface area contributed by atoms with Crippen molar-refractivity contribution in [2.24, 2.45) is 0 Å². The summed E-state index contributed by atoms with van der Waals surface area (Å²) in [6.45, 7) is 1.68. The van der Waals surface area contributed by atoms with Crippen molar-refractivity contribution in [2.45, 2.75) is 6.92 Å². The maximum atomic E-state index is 13.0. The molecule has 1 aromatic carbocycles. The van der Waals surface area contributed by atoms with Gasteiger partial charge in [0.15, 0.2) is 0 Å². The van der Waals surface area contributed by atoms with Gasteiger partial charge < -0.3 is 5.32 Å². The van der Waals surface area contributed by atoms with Gasteiger partial charge in [0, 0.05) is 0 Å². The van der Waals surface area contributed by atoms with E-state index in [4.69, 9.17) is 11.6 Å². The van der Waals surface area contributed by atoms with Gasteiger partial charge in [0.25, 0.3) is 0 Å². The standard InChI is InChI=1S/C8H8BrClFN/c1-5-2-6(10)8(12-4-9)3-7(5)11/h2-3,12H,4H2,1H3. The molecule has 0 bridgehead atoms. The Bertz CT molecular complexity index is 291. The van der Waals surface area contributed by atoms with Crippen molar-refractivity contribution in [2.75, 3.05) is 10.8 Å². The highest BCUT2D eigenvalue weighted by Gasteiger charge is 2.03. The minimum atomic E-state index is -0.247. The molecule has 0 amide bonds. The molecule has 0 saturated heterocycles. The third-order valence-corrected chi connectivity index (χ3v) is 2.10. The number of benzene rings is 1. The summed E-state index contributed by atoms with van der Waals surface area (Å²) in [6.07, 6.45) is 0. The smallest absolute Gasteiger partial charge is 0.128 e. The maximum absolute atomic E-state index is 13.0. The van der Waals surface area contributed by atoms with Crippen molar-refractivity contribution in [3.8, 4) is 0 Å². The second-order valence-corrected chi connectivity index (χ2v) is 3.36. The van der Waals surface area contributed by atoms with E-state index in [0.717, 1.165) is 0 Å². The van der Waals surface area contributed by atoms with Gasteiger partial charge in [0.2, 0.25) is 0 Å². The summed E-state index contributed by atoms with van der Waals surface area (Å²) in [4.78, 5) is 0. The van der Waals surface area contributed by atoms with Crippen LogP contribution < -0.4 is 5.32 Å². The van der Waals surface area contributed by atoms with Crippen LogP contribution in [-0.2, 0) is 0 Å². The minimum Gasteiger partial charge on any atom is -0.374 e. The molecule has 1 rings (SSSR count). The van der Waals surface area contributed by atoms with Gasteiger partial charge >= 0.3 is 0 Å². The highest BCUT2D eigenvalue weighted by atomic mass is 79.9. The van der Waals surface area contributed by atoms with Crippen molar-refractivity contribution in [1.82, 2.24) is 0 Å². The van der Waals surface area contributed by atoms with Gasteiger partial charge in [-0.15, -0.1) is 0 Å². The van der Waals surface area contributed by atoms with Crippen molar-refractivity contribution < 1.29 is 4.39 Å². The lowest BCUT2D eigenvalue weighted by Crippen LogP contribution is -1.96. The molecule has 0 unspecified atom stereocenters. The first-order chi connectivity index (χ1) is 5.65. The van der Waals surface area contributed by atoms with Crippen LogP contribution in [0.1, 0.15) is 5.56 Å². The van der Waals surface area contributed by atoms with Crippen LogP contribution in [0.3, 0.4) is 0 Å². The molecule has 0 saturated carbocycles. The molecule has 0 aromatic heterocycles. The predicted molar refractivity (Wildman–Crippen MR) is 53.6 cm³/mol. The Hall–Kier alpha value is -0.280. The highest BCUT2D eigenvalue weighted by molar-refractivity contribution is 9.09. The Labute approximate surface area is 84.0 Å². The quantitative estimate of drug-likeness (QED) is 0.627. The first-order valence-corrected chi connectivity index (χ1v) is 4.90. The Morgan fingerprint density at radius 2 is 2.25 bits per heavy atom. The topological polar surface area (TPSA) is 12.0 Å². The van der Waals surface area contributed by atoms with E-state index in [1.165, 1.54) is 6.07 Å². The monoisotopic (exact) mass is 251 g/mol. The van der Waals surface area contributed by atoms with Crippen LogP contribution in [0.15, 0.2) is 12.1 Å². The SMILES string of the molecule is Cc1cc(Cl)c(NCBr)cc1F. The van der Waals surface area contributed by atoms with E-state index in [1.807, 2.05) is 0 Å². The molecule has 66 valence electrons. The number of alkyl halides is 1. The molecule has 1 nitrogen and oxygen atoms in total. The summed E-state index contributed by atoms with van der Waals surface area (Å²) in [6, 6.07) is 2.99. The fourth-order valence-electron chi connectivity index (χ4n) is 0.854. The molecule has 0 aliphatic heterocycles. The molecular weight excluding hydrogens is 244 g/mol. The van der Waals surface area contributed by atoms with Crippen molar-refractivity contribution in [1.29, 1.82) is 0 Å². The van der Waals surface area contributed by atoms with E-state index in [-0.39, 0.29) is 5.82 Å². The zero-order valence-corrected chi connectivity index (χ0v) is 8.84. The summed E-state index contributed by atoms with van der Waals surface area (Å²) in [5.74, 6) is -0.247. The number of anilines is 1. The van der Waals surface area contributed by atoms with Crippen LogP contribution >= 0.6 is 27.5 Å². The molecule has 0 fully saturated rings. The lowest BCUT2D eigenvalue weighted by atomic mass is 10.2. The van der Waals surface area contributed by atoms with Crippen LogP contribution in [-0.4, -0.2) is 5.45 Å². The third-order valence-electron chi connectivity index (χ3n) is 1.51. The number of nitrogens with one attached hydrogen (secondary N) is 1. The molecule has 12 heavy (non-hydrogen) atoms. The predicted octanol–water partition coefficient (Wildman–Crippen LogP) is 3.55. The van der Waals surface area contributed by atoms with Gasteiger partial charge in [0.1, 0.15) is 5.82 Å². The van der Waals surface area contributed by atoms with Crippen LogP contribution in [0.2, 0.25) is 5.02 Å². The molecule has 0 aliphatic rings. The average Bonchev–Trinajstić information content (AvgIpc) is 2.01. The Morgan fingerprint density at radius 1 is 1.58 bits per heavy atom. The van der Waals surface area contributed by atoms with E-state index in [0.29, 0.717) is 21.7 Å². The number of halogens is 3. The third kappa shape index (κ3) is 2.11. The lowest BCUT2D eigenvalue weighted by Gasteiger charge is -2.06. The largest absolute Gasteiger partial charge is 0.374 e. The van der Waals surface area contributed by atoms with Crippen LogP contribution in [0, 0.1) is 12.7 Å². The van der Waals surface area contributed by atoms with Crippen molar-refractivity contribution in [3.05, 3.63) is 28.5 Å². The van der Waals surface area contributed by atoms with E-state index in [1.54, 1.807) is 13.0 Å². The first kappa shape index (κ1) is 9.81. The van der Waals surface area contributed by atoms with E-state index in [9.17, 15) is 4.39 Å². The Kier molecular flexibility index (Phi) is 3.35. The normalized spacial score (nSPS) is 10.0. The summed E-state index contributed by atoms with van der Waals surface area (Å²) in [7, 11) is 0. The van der Waals surface area contributed by atoms with Crippen LogP contribution in [0.25, 0.3) is 0 Å². The zero-order valence-electron chi connectivity index (χ0n) is 6.50. The summed E-state index contributed by atoms with van der Waals surface area (Å²) in [5, 5.41) is 3.42. The second kappa shape index (κ2) is 4.10. The van der Waals surface area contributed by atoms with Crippen LogP contribution in [0.4, 0.5) is 10.1 Å². The molecule has 0 aliphatic carbocycles. The maximum Gasteiger partial charge on any atom is 0.128 e. The summed E-state index contributed by atoms with van der Waals surface area (Å²) in [5.41, 5.74) is 1.71. The van der Waals surface area contributed by atoms with E-state index >= 15 is 0 Å². The van der Waals surface area contributed by atoms with Gasteiger partial charge in [-0.3, -0.25) is 0 Å². The lowest BCUT2D eigenvalue weighted by molar-refractivity contribution is 0.619. The minimum absolute atomic E-state index is 0.247. The van der Waals surface area contributed by atoms with E-state index < -0.39 is 0 Å². The molecule has 0 radical (unpaired) electrons. The fraction of sp³-hybridized carbons (Fsp3) is 0.250. The van der Waals surface area contributed by atoms with Crippen molar-refractivity contribution in [3.63, 3.8) is 0 Å². The molecule has 1 aromatic rings. The zero-order chi connectivity index (χ0) is 9.14. The number of hydrogen-bond donors (Lipinski definition) is 1. The van der Waals surface area contributed by atoms with Gasteiger partial charge in [-0.2, -0.15) is 0 Å². The summed E-state index contributed by atoms with van der Waals surface area (Å²) < 4.78 is 13.0. The second-order valence-electron chi connectivity index (χ2n) is 2.39. The number of rotatable bonds is 2. The molecule has 0 heterocycles. The molecular formula is C8H8BrClFN. The molecule has 0 spiro atoms. The van der Waals surface area contributed by atoms with Crippen LogP contribution in [0.5, 0.6) is 0 Å². The number of aryl methyl sites for hydroxylation is 1.